The van der Waals surface area contributed by atoms with Gasteiger partial charge in [-0.25, -0.2) is 4.79 Å². The molecule has 0 saturated carbocycles. The number of nitrogens with one attached hydrogen (secondary N) is 1. The number of unbranched alkanes of at least 4 members (excludes halogenated alkanes) is 1. The minimum atomic E-state index is -1.07. The van der Waals surface area contributed by atoms with Crippen LogP contribution in [0.5, 0.6) is 0 Å². The zero-order valence-corrected chi connectivity index (χ0v) is 14.3. The summed E-state index contributed by atoms with van der Waals surface area (Å²) in [5, 5.41) is 30.5. The van der Waals surface area contributed by atoms with Crippen LogP contribution in [0.15, 0.2) is 0 Å². The molecule has 1 unspecified atom stereocenters. The number of amides is 1. The van der Waals surface area contributed by atoms with Gasteiger partial charge in [-0.15, -0.1) is 20.2 Å². The van der Waals surface area contributed by atoms with Gasteiger partial charge in [0, 0.05) is 6.54 Å². The Morgan fingerprint density at radius 1 is 1.19 bits per heavy atom. The largest absolute Gasteiger partial charge is 0.441 e. The van der Waals surface area contributed by atoms with E-state index in [0.29, 0.717) is 12.8 Å². The molecular formula is C13H21N3O11. The maximum atomic E-state index is 11.8. The van der Waals surface area contributed by atoms with E-state index >= 15 is 0 Å². The second-order valence-corrected chi connectivity index (χ2v) is 6.00. The minimum absolute atomic E-state index is 0.129. The summed E-state index contributed by atoms with van der Waals surface area (Å²) >= 11 is 0. The zero-order chi connectivity index (χ0) is 19.8. The molecule has 0 aromatic heterocycles. The van der Waals surface area contributed by atoms with Crippen LogP contribution in [-0.4, -0.2) is 78.3 Å². The van der Waals surface area contributed by atoms with Crippen molar-refractivity contribution < 1.29 is 44.0 Å². The molecule has 0 bridgehead atoms. The summed E-state index contributed by atoms with van der Waals surface area (Å²) in [4.78, 5) is 40.6. The third kappa shape index (κ3) is 6.65. The molecule has 14 nitrogen and oxygen atoms in total. The second kappa shape index (κ2) is 10.0. The van der Waals surface area contributed by atoms with Crippen molar-refractivity contribution in [3.05, 3.63) is 20.2 Å². The van der Waals surface area contributed by atoms with Gasteiger partial charge in [0.15, 0.2) is 6.10 Å². The van der Waals surface area contributed by atoms with Crippen molar-refractivity contribution in [2.45, 2.75) is 49.8 Å². The minimum Gasteiger partial charge on any atom is -0.441 e. The van der Waals surface area contributed by atoms with Crippen molar-refractivity contribution in [1.82, 2.24) is 5.32 Å². The van der Waals surface area contributed by atoms with E-state index < -0.39 is 53.4 Å². The van der Waals surface area contributed by atoms with Crippen molar-refractivity contribution in [2.24, 2.45) is 0 Å². The van der Waals surface area contributed by atoms with E-state index in [1.54, 1.807) is 0 Å². The van der Waals surface area contributed by atoms with E-state index in [-0.39, 0.29) is 26.2 Å². The molecule has 2 heterocycles. The van der Waals surface area contributed by atoms with E-state index in [2.05, 4.69) is 15.0 Å². The van der Waals surface area contributed by atoms with Gasteiger partial charge in [-0.05, 0) is 19.3 Å². The number of rotatable bonds is 11. The summed E-state index contributed by atoms with van der Waals surface area (Å²) in [6.45, 7) is -0.0642. The van der Waals surface area contributed by atoms with Crippen molar-refractivity contribution >= 4 is 6.09 Å². The average Bonchev–Trinajstić information content (AvgIpc) is 3.15. The van der Waals surface area contributed by atoms with Crippen molar-refractivity contribution in [3.63, 3.8) is 0 Å². The molecule has 2 rings (SSSR count). The monoisotopic (exact) mass is 395 g/mol. The highest BCUT2D eigenvalue weighted by Crippen LogP contribution is 2.28. The Morgan fingerprint density at radius 3 is 2.63 bits per heavy atom. The molecule has 0 aromatic rings. The Hall–Kier alpha value is -2.45. The number of carbonyl (C=O) groups excluding carboxylic acids is 1. The van der Waals surface area contributed by atoms with Crippen molar-refractivity contribution in [3.8, 4) is 0 Å². The molecule has 2 aliphatic rings. The first-order chi connectivity index (χ1) is 12.9. The van der Waals surface area contributed by atoms with Crippen LogP contribution in [0, 0.1) is 20.2 Å². The zero-order valence-electron chi connectivity index (χ0n) is 14.3. The number of nitrogens with zero attached hydrogens (tertiary/aromatic N) is 2. The fraction of sp³-hybridized carbons (Fsp3) is 0.923. The number of ether oxygens (including phenoxy) is 3. The summed E-state index contributed by atoms with van der Waals surface area (Å²) in [6, 6.07) is 0. The SMILES string of the molecule is O=C(NCCCCC(CO[N+](=O)[O-])O[N+](=O)[O-])O[C@@H]1CO[C@H]2[C@@H]1OC[C@H]2O. The van der Waals surface area contributed by atoms with E-state index in [4.69, 9.17) is 14.2 Å². The lowest BCUT2D eigenvalue weighted by Crippen LogP contribution is -2.37. The predicted molar refractivity (Wildman–Crippen MR) is 82.4 cm³/mol. The first-order valence-electron chi connectivity index (χ1n) is 8.31. The molecule has 0 aliphatic carbocycles. The van der Waals surface area contributed by atoms with Crippen LogP contribution < -0.4 is 5.32 Å². The van der Waals surface area contributed by atoms with Gasteiger partial charge in [0.05, 0.1) is 13.2 Å². The Bertz CT molecular complexity index is 534. The van der Waals surface area contributed by atoms with Crippen LogP contribution in [0.2, 0.25) is 0 Å². The summed E-state index contributed by atoms with van der Waals surface area (Å²) in [5.41, 5.74) is 0. The lowest BCUT2D eigenvalue weighted by molar-refractivity contribution is -0.790. The van der Waals surface area contributed by atoms with Crippen LogP contribution in [-0.2, 0) is 23.9 Å². The third-order valence-electron chi connectivity index (χ3n) is 4.06. The van der Waals surface area contributed by atoms with Crippen molar-refractivity contribution in [1.29, 1.82) is 0 Å². The molecule has 2 saturated heterocycles. The van der Waals surface area contributed by atoms with Crippen LogP contribution in [0.4, 0.5) is 4.79 Å². The molecule has 27 heavy (non-hydrogen) atoms. The third-order valence-corrected chi connectivity index (χ3v) is 4.06. The fourth-order valence-electron chi connectivity index (χ4n) is 2.84. The van der Waals surface area contributed by atoms with Crippen LogP contribution >= 0.6 is 0 Å². The van der Waals surface area contributed by atoms with Gasteiger partial charge < -0.3 is 34.3 Å². The first-order valence-corrected chi connectivity index (χ1v) is 8.31. The highest BCUT2D eigenvalue weighted by molar-refractivity contribution is 5.67. The van der Waals surface area contributed by atoms with E-state index in [9.17, 15) is 30.1 Å². The molecule has 14 heteroatoms. The summed E-state index contributed by atoms with van der Waals surface area (Å²) in [7, 11) is 0. The normalized spacial score (nSPS) is 27.4. The van der Waals surface area contributed by atoms with Crippen LogP contribution in [0.3, 0.4) is 0 Å². The summed E-state index contributed by atoms with van der Waals surface area (Å²) in [6.07, 6.45) is -3.11. The van der Waals surface area contributed by atoms with Gasteiger partial charge in [-0.3, -0.25) is 0 Å². The summed E-state index contributed by atoms with van der Waals surface area (Å²) < 4.78 is 15.9. The second-order valence-electron chi connectivity index (χ2n) is 6.00. The molecule has 2 fully saturated rings. The van der Waals surface area contributed by atoms with Crippen LogP contribution in [0.1, 0.15) is 19.3 Å². The lowest BCUT2D eigenvalue weighted by Gasteiger charge is -2.17. The molecule has 0 aromatic carbocycles. The number of aliphatic hydroxyl groups is 1. The Labute approximate surface area is 152 Å². The Balaban J connectivity index is 1.59. The van der Waals surface area contributed by atoms with Crippen LogP contribution in [0.25, 0.3) is 0 Å². The quantitative estimate of drug-likeness (QED) is 0.254. The highest BCUT2D eigenvalue weighted by atomic mass is 17.0. The van der Waals surface area contributed by atoms with Crippen molar-refractivity contribution in [2.75, 3.05) is 26.4 Å². The topological polar surface area (TPSA) is 182 Å². The molecule has 1 amide bonds. The molecule has 5 atom stereocenters. The number of hydrogen-bond donors (Lipinski definition) is 2. The predicted octanol–water partition coefficient (Wildman–Crippen LogP) is -0.805. The van der Waals surface area contributed by atoms with E-state index in [1.165, 1.54) is 0 Å². The highest BCUT2D eigenvalue weighted by Gasteiger charge is 2.48. The first kappa shape index (κ1) is 20.9. The molecule has 0 radical (unpaired) electrons. The maximum absolute atomic E-state index is 11.8. The van der Waals surface area contributed by atoms with Gasteiger partial charge in [-0.1, -0.05) is 0 Å². The molecule has 154 valence electrons. The number of aliphatic hydroxyl groups excluding tert-OH is 1. The number of carbonyl (C=O) groups is 1. The Morgan fingerprint density at radius 2 is 1.93 bits per heavy atom. The molecule has 2 aliphatic heterocycles. The molecule has 2 N–H and O–H groups in total. The average molecular weight is 395 g/mol. The van der Waals surface area contributed by atoms with Gasteiger partial charge in [0.2, 0.25) is 0 Å². The van der Waals surface area contributed by atoms with E-state index in [0.717, 1.165) is 0 Å². The summed E-state index contributed by atoms with van der Waals surface area (Å²) in [5.74, 6) is 0. The van der Waals surface area contributed by atoms with E-state index in [1.807, 2.05) is 0 Å². The number of alkyl carbamates (subject to hydrolysis) is 1. The fourth-order valence-corrected chi connectivity index (χ4v) is 2.84. The van der Waals surface area contributed by atoms with Gasteiger partial charge in [0.1, 0.15) is 31.0 Å². The smallest absolute Gasteiger partial charge is 0.407 e. The van der Waals surface area contributed by atoms with Gasteiger partial charge in [-0.2, -0.15) is 0 Å². The lowest BCUT2D eigenvalue weighted by atomic mass is 10.1. The maximum Gasteiger partial charge on any atom is 0.407 e. The molecular weight excluding hydrogens is 374 g/mol. The van der Waals surface area contributed by atoms with Gasteiger partial charge >= 0.3 is 6.09 Å². The number of fused-ring (bicyclic) bond motifs is 1. The van der Waals surface area contributed by atoms with Gasteiger partial charge in [0.25, 0.3) is 10.2 Å². The molecule has 0 spiro atoms. The number of hydrogen-bond acceptors (Lipinski definition) is 11. The Kier molecular flexibility index (Phi) is 7.75. The standard InChI is InChI=1S/C13H21N3O11/c17-9-6-23-12-10(7-24-11(9)12)26-13(18)14-4-2-1-3-8(27-16(21)22)5-25-15(19)20/h8-12,17H,1-7H2,(H,14,18)/t8?,9-,10-,11-,12-/m1/s1.